The third kappa shape index (κ3) is 4.70. The lowest BCUT2D eigenvalue weighted by molar-refractivity contribution is -0.122. The molecule has 0 aliphatic carbocycles. The first-order chi connectivity index (χ1) is 18.8. The van der Waals surface area contributed by atoms with E-state index in [-0.39, 0.29) is 16.7 Å². The van der Waals surface area contributed by atoms with Crippen molar-refractivity contribution in [2.24, 2.45) is 5.92 Å². The molecule has 3 aromatic carbocycles. The van der Waals surface area contributed by atoms with Crippen LogP contribution in [-0.4, -0.2) is 29.2 Å². The zero-order valence-corrected chi connectivity index (χ0v) is 24.2. The number of aryl methyl sites for hydroxylation is 1. The number of ether oxygens (including phenoxy) is 2. The number of halogens is 1. The predicted octanol–water partition coefficient (Wildman–Crippen LogP) is 5.89. The Morgan fingerprint density at radius 3 is 2.51 bits per heavy atom. The number of aromatic nitrogens is 1. The number of carbonyl (C=O) groups excluding carboxylic acids is 2. The molecule has 1 N–H and O–H groups in total. The van der Waals surface area contributed by atoms with E-state index in [9.17, 15) is 14.4 Å². The van der Waals surface area contributed by atoms with Crippen molar-refractivity contribution >= 4 is 56.5 Å². The van der Waals surface area contributed by atoms with E-state index >= 15 is 0 Å². The second kappa shape index (κ2) is 10.3. The van der Waals surface area contributed by atoms with Crippen LogP contribution in [0.2, 0.25) is 0 Å². The number of nitrogens with one attached hydrogen (secondary N) is 1. The number of thiazole rings is 1. The average Bonchev–Trinajstić information content (AvgIpc) is 3.42. The molecule has 2 aliphatic heterocycles. The number of anilines is 1. The summed E-state index contributed by atoms with van der Waals surface area (Å²) in [4.78, 5) is 44.5. The monoisotopic (exact) mass is 622 g/mol. The van der Waals surface area contributed by atoms with E-state index in [1.54, 1.807) is 31.4 Å². The van der Waals surface area contributed by atoms with Crippen molar-refractivity contribution in [1.82, 2.24) is 4.98 Å². The molecule has 0 saturated carbocycles. The second-order valence-electron chi connectivity index (χ2n) is 9.43. The Hall–Kier alpha value is -3.34. The summed E-state index contributed by atoms with van der Waals surface area (Å²) in [6, 6.07) is 20.7. The number of aromatic amines is 1. The molecule has 0 radical (unpaired) electrons. The SMILES string of the molecule is COc1cc([C@H]2c3sc(=O)[nH]c3SC3C(=O)N(c4ccc(Br)cc4)C(=O)C32)ccc1OCc1cccc(C)c1. The predicted molar refractivity (Wildman–Crippen MR) is 155 cm³/mol. The number of hydrogen-bond acceptors (Lipinski definition) is 7. The van der Waals surface area contributed by atoms with Gasteiger partial charge in [0.25, 0.3) is 0 Å². The molecule has 10 heteroatoms. The summed E-state index contributed by atoms with van der Waals surface area (Å²) < 4.78 is 12.6. The molecule has 4 aromatic rings. The minimum atomic E-state index is -0.672. The molecule has 7 nitrogen and oxygen atoms in total. The highest BCUT2D eigenvalue weighted by molar-refractivity contribution is 9.10. The Labute approximate surface area is 241 Å². The number of methoxy groups -OCH3 is 1. The van der Waals surface area contributed by atoms with Gasteiger partial charge in [0.2, 0.25) is 11.8 Å². The lowest BCUT2D eigenvalue weighted by atomic mass is 9.83. The molecule has 198 valence electrons. The maximum absolute atomic E-state index is 13.9. The fraction of sp³-hybridized carbons (Fsp3) is 0.207. The van der Waals surface area contributed by atoms with Crippen LogP contribution < -0.4 is 19.2 Å². The molecule has 2 amide bonds. The van der Waals surface area contributed by atoms with Crippen LogP contribution in [0, 0.1) is 12.8 Å². The molecular weight excluding hydrogens is 600 g/mol. The molecule has 39 heavy (non-hydrogen) atoms. The Kier molecular flexibility index (Phi) is 6.86. The summed E-state index contributed by atoms with van der Waals surface area (Å²) >= 11 is 5.74. The number of imide groups is 1. The first kappa shape index (κ1) is 25.9. The zero-order chi connectivity index (χ0) is 27.3. The summed E-state index contributed by atoms with van der Waals surface area (Å²) in [5, 5.41) is -0.0269. The second-order valence-corrected chi connectivity index (χ2v) is 12.5. The van der Waals surface area contributed by atoms with Gasteiger partial charge in [-0.3, -0.25) is 14.4 Å². The molecule has 1 fully saturated rings. The first-order valence-electron chi connectivity index (χ1n) is 12.2. The van der Waals surface area contributed by atoms with Crippen molar-refractivity contribution in [3.63, 3.8) is 0 Å². The normalized spacial score (nSPS) is 20.1. The molecule has 1 saturated heterocycles. The van der Waals surface area contributed by atoms with Gasteiger partial charge in [-0.25, -0.2) is 4.90 Å². The summed E-state index contributed by atoms with van der Waals surface area (Å²) in [6.45, 7) is 2.41. The maximum atomic E-state index is 13.9. The minimum absolute atomic E-state index is 0.216. The lowest BCUT2D eigenvalue weighted by Crippen LogP contribution is -2.32. The van der Waals surface area contributed by atoms with E-state index in [1.807, 2.05) is 43.3 Å². The smallest absolute Gasteiger partial charge is 0.305 e. The van der Waals surface area contributed by atoms with Crippen LogP contribution in [0.15, 0.2) is 81.0 Å². The minimum Gasteiger partial charge on any atom is -0.493 e. The van der Waals surface area contributed by atoms with Crippen molar-refractivity contribution in [1.29, 1.82) is 0 Å². The van der Waals surface area contributed by atoms with Crippen LogP contribution >= 0.6 is 39.0 Å². The topological polar surface area (TPSA) is 88.7 Å². The summed E-state index contributed by atoms with van der Waals surface area (Å²) in [6.07, 6.45) is 0. The number of amides is 2. The standard InChI is InChI=1S/C29H23BrN2O5S2/c1-15-4-3-5-16(12-15)14-37-20-11-6-17(13-21(20)36-2)22-23-25(38-26-24(22)39-29(35)31-26)28(34)32(27(23)33)19-9-7-18(30)8-10-19/h3-13,22-23,25H,14H2,1-2H3,(H,31,35)/t22-,23?,25?/m1/s1. The molecule has 1 aromatic heterocycles. The lowest BCUT2D eigenvalue weighted by Gasteiger charge is -2.30. The van der Waals surface area contributed by atoms with E-state index < -0.39 is 17.1 Å². The van der Waals surface area contributed by atoms with E-state index in [0.29, 0.717) is 28.8 Å². The van der Waals surface area contributed by atoms with Gasteiger partial charge in [-0.05, 0) is 54.4 Å². The Balaban J connectivity index is 1.37. The van der Waals surface area contributed by atoms with Crippen LogP contribution in [0.25, 0.3) is 0 Å². The van der Waals surface area contributed by atoms with Gasteiger partial charge in [0, 0.05) is 15.3 Å². The van der Waals surface area contributed by atoms with Crippen molar-refractivity contribution in [2.45, 2.75) is 29.7 Å². The highest BCUT2D eigenvalue weighted by Crippen LogP contribution is 2.53. The van der Waals surface area contributed by atoms with Crippen LogP contribution in [0.3, 0.4) is 0 Å². The van der Waals surface area contributed by atoms with Crippen LogP contribution in [-0.2, 0) is 16.2 Å². The third-order valence-electron chi connectivity index (χ3n) is 6.93. The van der Waals surface area contributed by atoms with E-state index in [4.69, 9.17) is 9.47 Å². The van der Waals surface area contributed by atoms with Crippen molar-refractivity contribution in [2.75, 3.05) is 12.0 Å². The van der Waals surface area contributed by atoms with Gasteiger partial charge in [0.15, 0.2) is 11.5 Å². The number of rotatable bonds is 6. The summed E-state index contributed by atoms with van der Waals surface area (Å²) in [5.41, 5.74) is 3.49. The van der Waals surface area contributed by atoms with Crippen LogP contribution in [0.5, 0.6) is 11.5 Å². The highest BCUT2D eigenvalue weighted by Gasteiger charge is 2.56. The van der Waals surface area contributed by atoms with Gasteiger partial charge in [-0.1, -0.05) is 74.9 Å². The molecule has 0 spiro atoms. The first-order valence-corrected chi connectivity index (χ1v) is 14.7. The van der Waals surface area contributed by atoms with Gasteiger partial charge in [-0.15, -0.1) is 0 Å². The summed E-state index contributed by atoms with van der Waals surface area (Å²) in [7, 11) is 1.57. The maximum Gasteiger partial charge on any atom is 0.305 e. The van der Waals surface area contributed by atoms with Gasteiger partial charge in [0.1, 0.15) is 11.9 Å². The Morgan fingerprint density at radius 2 is 1.77 bits per heavy atom. The average molecular weight is 624 g/mol. The molecule has 2 aliphatic rings. The van der Waals surface area contributed by atoms with Gasteiger partial charge < -0.3 is 14.5 Å². The summed E-state index contributed by atoms with van der Waals surface area (Å²) in [5.74, 6) is -0.654. The number of carbonyl (C=O) groups is 2. The van der Waals surface area contributed by atoms with Gasteiger partial charge in [-0.2, -0.15) is 0 Å². The van der Waals surface area contributed by atoms with Gasteiger partial charge in [0.05, 0.1) is 23.7 Å². The Bertz CT molecular complexity index is 1650. The number of thioether (sulfide) groups is 1. The molecule has 6 rings (SSSR count). The number of hydrogen-bond donors (Lipinski definition) is 1. The number of benzene rings is 3. The highest BCUT2D eigenvalue weighted by atomic mass is 79.9. The quantitative estimate of drug-likeness (QED) is 0.270. The number of H-pyrrole nitrogens is 1. The largest absolute Gasteiger partial charge is 0.493 e. The fourth-order valence-corrected chi connectivity index (χ4v) is 7.96. The fourth-order valence-electron chi connectivity index (χ4n) is 5.18. The number of nitrogens with zero attached hydrogens (tertiary/aromatic N) is 1. The molecule has 2 unspecified atom stereocenters. The van der Waals surface area contributed by atoms with E-state index in [2.05, 4.69) is 27.0 Å². The van der Waals surface area contributed by atoms with Crippen molar-refractivity contribution in [3.05, 3.63) is 102 Å². The van der Waals surface area contributed by atoms with Crippen LogP contribution in [0.4, 0.5) is 5.69 Å². The molecule has 3 heterocycles. The van der Waals surface area contributed by atoms with Crippen LogP contribution in [0.1, 0.15) is 27.5 Å². The van der Waals surface area contributed by atoms with Crippen molar-refractivity contribution < 1.29 is 19.1 Å². The Morgan fingerprint density at radius 1 is 0.974 bits per heavy atom. The zero-order valence-electron chi connectivity index (χ0n) is 21.0. The van der Waals surface area contributed by atoms with E-state index in [1.165, 1.54) is 16.7 Å². The molecule has 0 bridgehead atoms. The number of fused-ring (bicyclic) bond motifs is 2. The van der Waals surface area contributed by atoms with Crippen molar-refractivity contribution in [3.8, 4) is 11.5 Å². The van der Waals surface area contributed by atoms with E-state index in [0.717, 1.165) is 37.4 Å². The molecular formula is C29H23BrN2O5S2. The third-order valence-corrected chi connectivity index (χ3v) is 9.86. The van der Waals surface area contributed by atoms with Gasteiger partial charge >= 0.3 is 4.87 Å². The molecule has 3 atom stereocenters.